The molecule has 0 aromatic carbocycles. The lowest BCUT2D eigenvalue weighted by Gasteiger charge is -2.13. The van der Waals surface area contributed by atoms with Gasteiger partial charge in [0.15, 0.2) is 0 Å². The highest BCUT2D eigenvalue weighted by Crippen LogP contribution is 2.20. The summed E-state index contributed by atoms with van der Waals surface area (Å²) in [4.78, 5) is 10.8. The summed E-state index contributed by atoms with van der Waals surface area (Å²) in [5.41, 5.74) is 0. The van der Waals surface area contributed by atoms with Gasteiger partial charge in [0.05, 0.1) is 12.7 Å². The average Bonchev–Trinajstić information content (AvgIpc) is 2.64. The minimum atomic E-state index is -0.810. The SMILES string of the molecule is COCC(SCC1CCCO1)C(=O)O. The van der Waals surface area contributed by atoms with Gasteiger partial charge >= 0.3 is 5.97 Å². The Morgan fingerprint density at radius 3 is 3.07 bits per heavy atom. The van der Waals surface area contributed by atoms with Crippen molar-refractivity contribution in [1.82, 2.24) is 0 Å². The first-order valence-corrected chi connectivity index (χ1v) is 5.74. The van der Waals surface area contributed by atoms with Gasteiger partial charge in [-0.15, -0.1) is 11.8 Å². The lowest BCUT2D eigenvalue weighted by atomic mass is 10.3. The lowest BCUT2D eigenvalue weighted by Crippen LogP contribution is -2.24. The zero-order valence-electron chi connectivity index (χ0n) is 8.27. The minimum Gasteiger partial charge on any atom is -0.480 e. The van der Waals surface area contributed by atoms with Gasteiger partial charge in [-0.1, -0.05) is 0 Å². The molecule has 0 aromatic heterocycles. The molecule has 0 saturated carbocycles. The Labute approximate surface area is 88.0 Å². The van der Waals surface area contributed by atoms with E-state index in [4.69, 9.17) is 14.6 Å². The summed E-state index contributed by atoms with van der Waals surface area (Å²) in [5.74, 6) is -0.0600. The Bertz CT molecular complexity index is 180. The Hall–Kier alpha value is -0.260. The van der Waals surface area contributed by atoms with Gasteiger partial charge in [-0.25, -0.2) is 0 Å². The largest absolute Gasteiger partial charge is 0.480 e. The number of carbonyl (C=O) groups is 1. The highest BCUT2D eigenvalue weighted by Gasteiger charge is 2.22. The number of ether oxygens (including phenoxy) is 2. The molecule has 0 bridgehead atoms. The average molecular weight is 220 g/mol. The molecule has 4 nitrogen and oxygen atoms in total. The highest BCUT2D eigenvalue weighted by molar-refractivity contribution is 8.00. The maximum atomic E-state index is 10.8. The third-order valence-electron chi connectivity index (χ3n) is 2.10. The van der Waals surface area contributed by atoms with Crippen molar-refractivity contribution in [2.45, 2.75) is 24.2 Å². The van der Waals surface area contributed by atoms with Gasteiger partial charge in [0.25, 0.3) is 0 Å². The van der Waals surface area contributed by atoms with E-state index in [2.05, 4.69) is 0 Å². The predicted octanol–water partition coefficient (Wildman–Crippen LogP) is 0.998. The van der Waals surface area contributed by atoms with Crippen molar-refractivity contribution < 1.29 is 19.4 Å². The van der Waals surface area contributed by atoms with Crippen LogP contribution in [-0.4, -0.2) is 48.5 Å². The van der Waals surface area contributed by atoms with Gasteiger partial charge < -0.3 is 14.6 Å². The Kier molecular flexibility index (Phi) is 5.29. The number of hydrogen-bond donors (Lipinski definition) is 1. The second-order valence-corrected chi connectivity index (χ2v) is 4.49. The summed E-state index contributed by atoms with van der Waals surface area (Å²) < 4.78 is 10.2. The smallest absolute Gasteiger partial charge is 0.319 e. The second-order valence-electron chi connectivity index (χ2n) is 3.25. The van der Waals surface area contributed by atoms with Crippen LogP contribution in [0.5, 0.6) is 0 Å². The van der Waals surface area contributed by atoms with Crippen molar-refractivity contribution in [3.63, 3.8) is 0 Å². The van der Waals surface area contributed by atoms with E-state index in [1.807, 2.05) is 0 Å². The molecule has 82 valence electrons. The quantitative estimate of drug-likeness (QED) is 0.723. The number of aliphatic carboxylic acids is 1. The predicted molar refractivity (Wildman–Crippen MR) is 54.7 cm³/mol. The summed E-state index contributed by atoms with van der Waals surface area (Å²) in [6, 6.07) is 0. The molecule has 1 heterocycles. The molecule has 1 saturated heterocycles. The molecule has 0 radical (unpaired) electrons. The monoisotopic (exact) mass is 220 g/mol. The van der Waals surface area contributed by atoms with Gasteiger partial charge in [0.2, 0.25) is 0 Å². The molecule has 0 aromatic rings. The number of hydrogen-bond acceptors (Lipinski definition) is 4. The van der Waals surface area contributed by atoms with Crippen LogP contribution in [0.15, 0.2) is 0 Å². The molecular weight excluding hydrogens is 204 g/mol. The molecule has 0 amide bonds. The van der Waals surface area contributed by atoms with Crippen LogP contribution in [0.3, 0.4) is 0 Å². The Morgan fingerprint density at radius 2 is 2.57 bits per heavy atom. The number of methoxy groups -OCH3 is 1. The summed E-state index contributed by atoms with van der Waals surface area (Å²) in [5, 5.41) is 8.37. The standard InChI is InChI=1S/C9H16O4S/c1-12-5-8(9(10)11)14-6-7-3-2-4-13-7/h7-8H,2-6H2,1H3,(H,10,11). The van der Waals surface area contributed by atoms with Gasteiger partial charge in [-0.2, -0.15) is 0 Å². The van der Waals surface area contributed by atoms with E-state index in [0.29, 0.717) is 0 Å². The molecule has 1 fully saturated rings. The van der Waals surface area contributed by atoms with E-state index in [1.54, 1.807) is 0 Å². The molecular formula is C9H16O4S. The third kappa shape index (κ3) is 3.86. The maximum absolute atomic E-state index is 10.8. The summed E-state index contributed by atoms with van der Waals surface area (Å²) >= 11 is 1.40. The van der Waals surface area contributed by atoms with Crippen molar-refractivity contribution in [3.8, 4) is 0 Å². The number of thioether (sulfide) groups is 1. The van der Waals surface area contributed by atoms with E-state index < -0.39 is 11.2 Å². The number of rotatable bonds is 6. The number of carboxylic acid groups (broad SMARTS) is 1. The lowest BCUT2D eigenvalue weighted by molar-refractivity contribution is -0.137. The van der Waals surface area contributed by atoms with Crippen molar-refractivity contribution in [3.05, 3.63) is 0 Å². The van der Waals surface area contributed by atoms with E-state index >= 15 is 0 Å². The van der Waals surface area contributed by atoms with E-state index in [9.17, 15) is 4.79 Å². The van der Waals surface area contributed by atoms with E-state index in [-0.39, 0.29) is 12.7 Å². The highest BCUT2D eigenvalue weighted by atomic mass is 32.2. The van der Waals surface area contributed by atoms with Crippen LogP contribution < -0.4 is 0 Å². The van der Waals surface area contributed by atoms with Crippen LogP contribution in [0.4, 0.5) is 0 Å². The fourth-order valence-corrected chi connectivity index (χ4v) is 2.43. The zero-order chi connectivity index (χ0) is 10.4. The summed E-state index contributed by atoms with van der Waals surface area (Å²) in [7, 11) is 1.52. The molecule has 2 atom stereocenters. The van der Waals surface area contributed by atoms with Crippen molar-refractivity contribution >= 4 is 17.7 Å². The van der Waals surface area contributed by atoms with Crippen LogP contribution in [-0.2, 0) is 14.3 Å². The fraction of sp³-hybridized carbons (Fsp3) is 0.889. The van der Waals surface area contributed by atoms with Crippen molar-refractivity contribution in [2.24, 2.45) is 0 Å². The van der Waals surface area contributed by atoms with Crippen molar-refractivity contribution in [1.29, 1.82) is 0 Å². The molecule has 1 aliphatic heterocycles. The molecule has 14 heavy (non-hydrogen) atoms. The molecule has 0 spiro atoms. The normalized spacial score (nSPS) is 23.6. The molecule has 1 N–H and O–H groups in total. The molecule has 0 aliphatic carbocycles. The Morgan fingerprint density at radius 1 is 1.79 bits per heavy atom. The van der Waals surface area contributed by atoms with Gasteiger partial charge in [0.1, 0.15) is 5.25 Å². The number of carboxylic acids is 1. The summed E-state index contributed by atoms with van der Waals surface area (Å²) in [6.07, 6.45) is 2.37. The summed E-state index contributed by atoms with van der Waals surface area (Å²) in [6.45, 7) is 1.07. The Balaban J connectivity index is 2.21. The van der Waals surface area contributed by atoms with Crippen LogP contribution >= 0.6 is 11.8 Å². The second kappa shape index (κ2) is 6.27. The van der Waals surface area contributed by atoms with E-state index in [0.717, 1.165) is 25.2 Å². The first-order chi connectivity index (χ1) is 6.74. The molecule has 5 heteroatoms. The van der Waals surface area contributed by atoms with Crippen molar-refractivity contribution in [2.75, 3.05) is 26.1 Å². The minimum absolute atomic E-state index is 0.235. The zero-order valence-corrected chi connectivity index (χ0v) is 9.09. The fourth-order valence-electron chi connectivity index (χ4n) is 1.34. The first kappa shape index (κ1) is 11.8. The molecule has 1 aliphatic rings. The molecule has 1 rings (SSSR count). The van der Waals surface area contributed by atoms with Gasteiger partial charge in [0, 0.05) is 19.5 Å². The first-order valence-electron chi connectivity index (χ1n) is 4.69. The maximum Gasteiger partial charge on any atom is 0.319 e. The molecule has 2 unspecified atom stereocenters. The topological polar surface area (TPSA) is 55.8 Å². The van der Waals surface area contributed by atoms with Gasteiger partial charge in [-0.3, -0.25) is 4.79 Å². The van der Waals surface area contributed by atoms with Gasteiger partial charge in [-0.05, 0) is 12.8 Å². The third-order valence-corrected chi connectivity index (χ3v) is 3.41. The van der Waals surface area contributed by atoms with E-state index in [1.165, 1.54) is 18.9 Å². The van der Waals surface area contributed by atoms with Crippen LogP contribution in [0.25, 0.3) is 0 Å². The van der Waals surface area contributed by atoms with Crippen LogP contribution in [0.2, 0.25) is 0 Å². The van der Waals surface area contributed by atoms with Crippen LogP contribution in [0.1, 0.15) is 12.8 Å². The van der Waals surface area contributed by atoms with Crippen LogP contribution in [0, 0.1) is 0 Å².